The number of benzene rings is 1. The molecule has 0 unspecified atom stereocenters. The standard InChI is InChI=1S/C17H18FN3O2S/c18-13-11-12(6-7-14(13)21-8-2-1-3-9-21)19-17(24)20-16(22)15-5-4-10-23-15/h4-7,10-11H,1-3,8-9H2,(H2,19,20,22,24). The molecule has 1 aliphatic rings. The number of hydrogen-bond donors (Lipinski definition) is 2. The third-order valence-corrected chi connectivity index (χ3v) is 4.08. The van der Waals surface area contributed by atoms with Crippen LogP contribution in [0.25, 0.3) is 0 Å². The quantitative estimate of drug-likeness (QED) is 0.832. The third kappa shape index (κ3) is 3.91. The van der Waals surface area contributed by atoms with Crippen LogP contribution >= 0.6 is 12.2 Å². The molecule has 126 valence electrons. The fourth-order valence-electron chi connectivity index (χ4n) is 2.71. The highest BCUT2D eigenvalue weighted by Gasteiger charge is 2.16. The Hall–Kier alpha value is -2.41. The first-order valence-electron chi connectivity index (χ1n) is 7.84. The number of amides is 1. The highest BCUT2D eigenvalue weighted by molar-refractivity contribution is 7.80. The Balaban J connectivity index is 1.61. The lowest BCUT2D eigenvalue weighted by molar-refractivity contribution is 0.0950. The zero-order valence-corrected chi connectivity index (χ0v) is 13.9. The molecule has 1 aromatic heterocycles. The van der Waals surface area contributed by atoms with Crippen molar-refractivity contribution in [3.05, 3.63) is 48.2 Å². The molecule has 5 nitrogen and oxygen atoms in total. The molecule has 0 radical (unpaired) electrons. The normalized spacial score (nSPS) is 14.3. The minimum Gasteiger partial charge on any atom is -0.459 e. The summed E-state index contributed by atoms with van der Waals surface area (Å²) in [6.07, 6.45) is 4.77. The van der Waals surface area contributed by atoms with Crippen LogP contribution in [0.3, 0.4) is 0 Å². The molecule has 2 aromatic rings. The predicted octanol–water partition coefficient (Wildman–Crippen LogP) is 3.54. The Bertz CT molecular complexity index is 727. The number of anilines is 2. The molecule has 0 spiro atoms. The number of carbonyl (C=O) groups is 1. The number of thiocarbonyl (C=S) groups is 1. The maximum absolute atomic E-state index is 14.3. The first kappa shape index (κ1) is 16.4. The number of carbonyl (C=O) groups excluding carboxylic acids is 1. The molecule has 2 heterocycles. The Morgan fingerprint density at radius 1 is 1.21 bits per heavy atom. The summed E-state index contributed by atoms with van der Waals surface area (Å²) in [5.74, 6) is -0.601. The number of furan rings is 1. The van der Waals surface area contributed by atoms with E-state index in [4.69, 9.17) is 16.6 Å². The van der Waals surface area contributed by atoms with Crippen LogP contribution in [-0.2, 0) is 0 Å². The highest BCUT2D eigenvalue weighted by atomic mass is 32.1. The monoisotopic (exact) mass is 347 g/mol. The van der Waals surface area contributed by atoms with Crippen molar-refractivity contribution in [2.75, 3.05) is 23.3 Å². The number of halogens is 1. The molecule has 1 aliphatic heterocycles. The molecule has 24 heavy (non-hydrogen) atoms. The molecule has 1 aromatic carbocycles. The van der Waals surface area contributed by atoms with E-state index < -0.39 is 5.91 Å². The molecule has 7 heteroatoms. The van der Waals surface area contributed by atoms with Crippen LogP contribution in [0.2, 0.25) is 0 Å². The molecule has 3 rings (SSSR count). The van der Waals surface area contributed by atoms with Gasteiger partial charge in [0.2, 0.25) is 0 Å². The third-order valence-electron chi connectivity index (χ3n) is 3.87. The van der Waals surface area contributed by atoms with Gasteiger partial charge in [0.25, 0.3) is 5.91 Å². The summed E-state index contributed by atoms with van der Waals surface area (Å²) in [7, 11) is 0. The SMILES string of the molecule is O=C(NC(=S)Nc1ccc(N2CCCCC2)c(F)c1)c1ccco1. The number of nitrogens with zero attached hydrogens (tertiary/aromatic N) is 1. The zero-order chi connectivity index (χ0) is 16.9. The molecule has 2 N–H and O–H groups in total. The van der Waals surface area contributed by atoms with Gasteiger partial charge in [-0.15, -0.1) is 0 Å². The van der Waals surface area contributed by atoms with Gasteiger partial charge in [0.1, 0.15) is 5.82 Å². The number of piperidine rings is 1. The Kier molecular flexibility index (Phi) is 5.10. The van der Waals surface area contributed by atoms with Gasteiger partial charge in [-0.05, 0) is 61.8 Å². The predicted molar refractivity (Wildman–Crippen MR) is 94.9 cm³/mol. The average Bonchev–Trinajstić information content (AvgIpc) is 3.10. The van der Waals surface area contributed by atoms with Crippen molar-refractivity contribution in [1.82, 2.24) is 5.32 Å². The topological polar surface area (TPSA) is 57.5 Å². The lowest BCUT2D eigenvalue weighted by Crippen LogP contribution is -2.34. The van der Waals surface area contributed by atoms with Gasteiger partial charge in [0.15, 0.2) is 10.9 Å². The lowest BCUT2D eigenvalue weighted by Gasteiger charge is -2.29. The van der Waals surface area contributed by atoms with E-state index in [1.807, 2.05) is 0 Å². The van der Waals surface area contributed by atoms with Gasteiger partial charge in [-0.2, -0.15) is 0 Å². The summed E-state index contributed by atoms with van der Waals surface area (Å²) in [5, 5.41) is 5.37. The lowest BCUT2D eigenvalue weighted by atomic mass is 10.1. The van der Waals surface area contributed by atoms with E-state index in [-0.39, 0.29) is 16.7 Å². The first-order valence-corrected chi connectivity index (χ1v) is 8.24. The fourth-order valence-corrected chi connectivity index (χ4v) is 2.92. The van der Waals surface area contributed by atoms with Crippen LogP contribution in [-0.4, -0.2) is 24.1 Å². The summed E-state index contributed by atoms with van der Waals surface area (Å²) >= 11 is 5.07. The molecule has 0 bridgehead atoms. The van der Waals surface area contributed by atoms with Crippen LogP contribution < -0.4 is 15.5 Å². The van der Waals surface area contributed by atoms with Crippen LogP contribution in [0.5, 0.6) is 0 Å². The van der Waals surface area contributed by atoms with Crippen LogP contribution in [0.4, 0.5) is 15.8 Å². The van der Waals surface area contributed by atoms with Gasteiger partial charge >= 0.3 is 0 Å². The van der Waals surface area contributed by atoms with Crippen LogP contribution in [0.1, 0.15) is 29.8 Å². The van der Waals surface area contributed by atoms with Gasteiger partial charge in [-0.3, -0.25) is 10.1 Å². The molecule has 1 fully saturated rings. The summed E-state index contributed by atoms with van der Waals surface area (Å²) in [4.78, 5) is 13.9. The number of nitrogens with one attached hydrogen (secondary N) is 2. The van der Waals surface area contributed by atoms with E-state index in [1.165, 1.54) is 24.8 Å². The highest BCUT2D eigenvalue weighted by Crippen LogP contribution is 2.25. The average molecular weight is 347 g/mol. The largest absolute Gasteiger partial charge is 0.459 e. The second-order valence-corrected chi connectivity index (χ2v) is 6.01. The molecule has 0 atom stereocenters. The molecule has 1 amide bonds. The van der Waals surface area contributed by atoms with Crippen molar-refractivity contribution in [2.24, 2.45) is 0 Å². The Morgan fingerprint density at radius 2 is 2.00 bits per heavy atom. The van der Waals surface area contributed by atoms with Crippen molar-refractivity contribution < 1.29 is 13.6 Å². The summed E-state index contributed by atoms with van der Waals surface area (Å²) in [6.45, 7) is 1.75. The van der Waals surface area contributed by atoms with Crippen LogP contribution in [0.15, 0.2) is 41.0 Å². The van der Waals surface area contributed by atoms with Gasteiger partial charge < -0.3 is 14.6 Å². The minimum atomic E-state index is -0.456. The second kappa shape index (κ2) is 7.44. The van der Waals surface area contributed by atoms with E-state index in [0.29, 0.717) is 11.4 Å². The van der Waals surface area contributed by atoms with Crippen molar-refractivity contribution in [2.45, 2.75) is 19.3 Å². The van der Waals surface area contributed by atoms with E-state index in [1.54, 1.807) is 18.2 Å². The van der Waals surface area contributed by atoms with Crippen molar-refractivity contribution in [1.29, 1.82) is 0 Å². The number of hydrogen-bond acceptors (Lipinski definition) is 4. The summed E-state index contributed by atoms with van der Waals surface area (Å²) in [5.41, 5.74) is 1.09. The van der Waals surface area contributed by atoms with Crippen LogP contribution in [0, 0.1) is 5.82 Å². The molecule has 1 saturated heterocycles. The van der Waals surface area contributed by atoms with Crippen molar-refractivity contribution in [3.63, 3.8) is 0 Å². The van der Waals surface area contributed by atoms with Crippen molar-refractivity contribution >= 4 is 34.6 Å². The molecular weight excluding hydrogens is 329 g/mol. The smallest absolute Gasteiger partial charge is 0.293 e. The van der Waals surface area contributed by atoms with E-state index in [0.717, 1.165) is 25.9 Å². The molecule has 0 saturated carbocycles. The molecule has 0 aliphatic carbocycles. The first-order chi connectivity index (χ1) is 11.6. The van der Waals surface area contributed by atoms with Gasteiger partial charge in [-0.1, -0.05) is 0 Å². The maximum Gasteiger partial charge on any atom is 0.293 e. The maximum atomic E-state index is 14.3. The van der Waals surface area contributed by atoms with E-state index in [9.17, 15) is 9.18 Å². The van der Waals surface area contributed by atoms with E-state index in [2.05, 4.69) is 15.5 Å². The Labute approximate surface area is 144 Å². The second-order valence-electron chi connectivity index (χ2n) is 5.60. The Morgan fingerprint density at radius 3 is 2.67 bits per heavy atom. The zero-order valence-electron chi connectivity index (χ0n) is 13.0. The van der Waals surface area contributed by atoms with Gasteiger partial charge in [0, 0.05) is 18.8 Å². The number of rotatable bonds is 3. The van der Waals surface area contributed by atoms with Crippen molar-refractivity contribution in [3.8, 4) is 0 Å². The molecular formula is C17H18FN3O2S. The van der Waals surface area contributed by atoms with Gasteiger partial charge in [0.05, 0.1) is 12.0 Å². The minimum absolute atomic E-state index is 0.0847. The van der Waals surface area contributed by atoms with E-state index >= 15 is 0 Å². The summed E-state index contributed by atoms with van der Waals surface area (Å²) in [6, 6.07) is 8.01. The fraction of sp³-hybridized carbons (Fsp3) is 0.294. The van der Waals surface area contributed by atoms with Gasteiger partial charge in [-0.25, -0.2) is 4.39 Å². The summed E-state index contributed by atoms with van der Waals surface area (Å²) < 4.78 is 19.3.